The molecule has 4 nitrogen and oxygen atoms in total. The number of H-pyrrole nitrogens is 2. The summed E-state index contributed by atoms with van der Waals surface area (Å²) in [7, 11) is 0. The molecule has 5 heterocycles. The van der Waals surface area contributed by atoms with Gasteiger partial charge >= 0.3 is 0 Å². The first-order valence-electron chi connectivity index (χ1n) is 7.85. The van der Waals surface area contributed by atoms with Gasteiger partial charge < -0.3 is 9.97 Å². The fourth-order valence-corrected chi connectivity index (χ4v) is 2.94. The standard InChI is InChI=1S/C20H14N4.Co.Mn.Ni/c1-2-14-10-16-5-6-18(23-16)12-20-8-7-19(24-20)11-17-4-3-15(22-17)9-13(1)21-14;;;/h1-12,21,24H;;;. The average molecular weight is 483 g/mol. The van der Waals surface area contributed by atoms with Crippen LogP contribution in [0.25, 0.3) is 46.4 Å². The van der Waals surface area contributed by atoms with E-state index in [4.69, 9.17) is 0 Å². The minimum absolute atomic E-state index is 0. The minimum atomic E-state index is 0. The second-order valence-electron chi connectivity index (χ2n) is 5.91. The Balaban J connectivity index is 0.000000871. The third-order valence-electron chi connectivity index (χ3n) is 4.04. The Bertz CT molecular complexity index is 1000. The maximum Gasteiger partial charge on any atom is 0.0658 e. The molecule has 0 amide bonds. The van der Waals surface area contributed by atoms with Crippen molar-refractivity contribution in [3.8, 4) is 0 Å². The molecule has 0 unspecified atom stereocenters. The summed E-state index contributed by atoms with van der Waals surface area (Å²) in [6, 6.07) is 16.4. The van der Waals surface area contributed by atoms with E-state index in [0.717, 1.165) is 44.8 Å². The first-order valence-corrected chi connectivity index (χ1v) is 7.85. The van der Waals surface area contributed by atoms with Crippen molar-refractivity contribution in [3.05, 3.63) is 71.3 Å². The van der Waals surface area contributed by atoms with Gasteiger partial charge in [0.25, 0.3) is 0 Å². The summed E-state index contributed by atoms with van der Waals surface area (Å²) < 4.78 is 0. The Labute approximate surface area is 187 Å². The molecule has 7 heteroatoms. The van der Waals surface area contributed by atoms with E-state index >= 15 is 0 Å². The Morgan fingerprint density at radius 3 is 1.04 bits per heavy atom. The SMILES string of the molecule is C1=Cc2cc3ccc(cc4nc(cc5ccc(cc1n2)[nH]5)C=C4)[nH]3.[Co].[Mn].[Ni]. The number of nitrogens with zero attached hydrogens (tertiary/aromatic N) is 2. The van der Waals surface area contributed by atoms with Gasteiger partial charge in [0.05, 0.1) is 22.8 Å². The summed E-state index contributed by atoms with van der Waals surface area (Å²) in [6.07, 6.45) is 8.09. The van der Waals surface area contributed by atoms with Crippen LogP contribution in [0, 0.1) is 0 Å². The van der Waals surface area contributed by atoms with Crippen molar-refractivity contribution in [2.75, 3.05) is 0 Å². The van der Waals surface area contributed by atoms with Crippen LogP contribution in [0.1, 0.15) is 22.8 Å². The van der Waals surface area contributed by atoms with Gasteiger partial charge in [0.15, 0.2) is 0 Å². The molecule has 0 saturated carbocycles. The molecule has 140 valence electrons. The fourth-order valence-electron chi connectivity index (χ4n) is 2.94. The summed E-state index contributed by atoms with van der Waals surface area (Å²) in [5.74, 6) is 0. The predicted octanol–water partition coefficient (Wildman–Crippen LogP) is 4.65. The zero-order chi connectivity index (χ0) is 15.9. The van der Waals surface area contributed by atoms with Gasteiger partial charge in [-0.1, -0.05) is 0 Å². The summed E-state index contributed by atoms with van der Waals surface area (Å²) in [5, 5.41) is 0. The number of nitrogens with one attached hydrogen (secondary N) is 2. The summed E-state index contributed by atoms with van der Waals surface area (Å²) >= 11 is 0. The van der Waals surface area contributed by atoms with Gasteiger partial charge in [-0.2, -0.15) is 0 Å². The Morgan fingerprint density at radius 1 is 0.519 bits per heavy atom. The average Bonchev–Trinajstić information content (AvgIpc) is 3.32. The molecule has 2 radical (unpaired) electrons. The number of fused-ring (bicyclic) bond motifs is 8. The summed E-state index contributed by atoms with van der Waals surface area (Å²) in [4.78, 5) is 16.0. The van der Waals surface area contributed by atoms with Crippen LogP contribution in [-0.4, -0.2) is 19.9 Å². The minimum Gasteiger partial charge on any atom is -0.355 e. The topological polar surface area (TPSA) is 57.4 Å². The van der Waals surface area contributed by atoms with Crippen LogP contribution in [0.15, 0.2) is 48.5 Å². The van der Waals surface area contributed by atoms with Crippen molar-refractivity contribution in [3.63, 3.8) is 0 Å². The molecule has 2 aliphatic heterocycles. The van der Waals surface area contributed by atoms with Crippen molar-refractivity contribution in [1.29, 1.82) is 0 Å². The van der Waals surface area contributed by atoms with E-state index in [1.807, 2.05) is 48.6 Å². The Kier molecular flexibility index (Phi) is 7.04. The molecule has 0 atom stereocenters. The van der Waals surface area contributed by atoms with Gasteiger partial charge in [0.2, 0.25) is 0 Å². The molecule has 0 fully saturated rings. The Hall–Kier alpha value is -1.88. The molecule has 27 heavy (non-hydrogen) atoms. The summed E-state index contributed by atoms with van der Waals surface area (Å²) in [6.45, 7) is 0. The summed E-state index contributed by atoms with van der Waals surface area (Å²) in [5.41, 5.74) is 7.86. The number of aromatic amines is 2. The van der Waals surface area contributed by atoms with Gasteiger partial charge in [-0.05, 0) is 72.8 Å². The van der Waals surface area contributed by atoms with Crippen LogP contribution in [0.5, 0.6) is 0 Å². The molecule has 2 aliphatic rings. The third kappa shape index (κ3) is 4.70. The van der Waals surface area contributed by atoms with Crippen LogP contribution in [0.2, 0.25) is 0 Å². The maximum atomic E-state index is 4.63. The van der Waals surface area contributed by atoms with E-state index < -0.39 is 0 Å². The molecule has 0 aliphatic carbocycles. The van der Waals surface area contributed by atoms with Gasteiger partial charge in [0.1, 0.15) is 0 Å². The molecular formula is C20H14CoMnN4Ni. The fraction of sp³-hybridized carbons (Fsp3) is 0. The van der Waals surface area contributed by atoms with Gasteiger partial charge in [-0.3, -0.25) is 0 Å². The van der Waals surface area contributed by atoms with Crippen molar-refractivity contribution < 1.29 is 50.3 Å². The van der Waals surface area contributed by atoms with E-state index in [2.05, 4.69) is 44.2 Å². The second-order valence-corrected chi connectivity index (χ2v) is 5.91. The van der Waals surface area contributed by atoms with E-state index in [9.17, 15) is 0 Å². The quantitative estimate of drug-likeness (QED) is 0.316. The first-order chi connectivity index (χ1) is 11.8. The van der Waals surface area contributed by atoms with Gasteiger partial charge in [-0.15, -0.1) is 0 Å². The van der Waals surface area contributed by atoms with Crippen LogP contribution < -0.4 is 0 Å². The van der Waals surface area contributed by atoms with Crippen LogP contribution >= 0.6 is 0 Å². The molecule has 5 rings (SSSR count). The van der Waals surface area contributed by atoms with E-state index in [0.29, 0.717) is 0 Å². The third-order valence-corrected chi connectivity index (χ3v) is 4.04. The molecular weight excluding hydrogens is 469 g/mol. The van der Waals surface area contributed by atoms with Crippen molar-refractivity contribution >= 4 is 46.4 Å². The molecule has 3 aromatic heterocycles. The Morgan fingerprint density at radius 2 is 0.778 bits per heavy atom. The van der Waals surface area contributed by atoms with Crippen LogP contribution in [0.4, 0.5) is 0 Å². The molecule has 8 bridgehead atoms. The van der Waals surface area contributed by atoms with Crippen molar-refractivity contribution in [2.45, 2.75) is 0 Å². The molecule has 3 aromatic rings. The van der Waals surface area contributed by atoms with Gasteiger partial charge in [-0.25, -0.2) is 9.97 Å². The van der Waals surface area contributed by atoms with Crippen LogP contribution in [0.3, 0.4) is 0 Å². The van der Waals surface area contributed by atoms with Crippen molar-refractivity contribution in [1.82, 2.24) is 19.9 Å². The van der Waals surface area contributed by atoms with E-state index in [1.165, 1.54) is 0 Å². The molecule has 0 saturated heterocycles. The van der Waals surface area contributed by atoms with E-state index in [1.54, 1.807) is 0 Å². The number of rotatable bonds is 0. The second kappa shape index (κ2) is 8.87. The zero-order valence-corrected chi connectivity index (χ0v) is 17.1. The zero-order valence-electron chi connectivity index (χ0n) is 13.9. The molecule has 2 N–H and O–H groups in total. The molecule has 0 spiro atoms. The molecule has 0 aromatic carbocycles. The number of hydrogen-bond acceptors (Lipinski definition) is 2. The first kappa shape index (κ1) is 21.4. The normalized spacial score (nSPS) is 11.3. The number of hydrogen-bond donors (Lipinski definition) is 2. The van der Waals surface area contributed by atoms with Gasteiger partial charge in [0, 0.05) is 72.4 Å². The van der Waals surface area contributed by atoms with E-state index in [-0.39, 0.29) is 50.3 Å². The predicted molar refractivity (Wildman–Crippen MR) is 98.9 cm³/mol. The van der Waals surface area contributed by atoms with Crippen LogP contribution in [-0.2, 0) is 50.3 Å². The largest absolute Gasteiger partial charge is 0.355 e. The monoisotopic (exact) mass is 482 g/mol. The number of aromatic nitrogens is 4. The maximum absolute atomic E-state index is 4.63. The van der Waals surface area contributed by atoms with Crippen molar-refractivity contribution in [2.24, 2.45) is 0 Å². The smallest absolute Gasteiger partial charge is 0.0658 e.